The fourth-order valence-corrected chi connectivity index (χ4v) is 9.97. The highest BCUT2D eigenvalue weighted by molar-refractivity contribution is 6.01. The van der Waals surface area contributed by atoms with Crippen molar-refractivity contribution in [3.8, 4) is 78.7 Å². The van der Waals surface area contributed by atoms with E-state index in [1.165, 1.54) is 55.3 Å². The number of nitrogens with zero attached hydrogens (tertiary/aromatic N) is 3. The molecule has 1 aromatic heterocycles. The number of benzene rings is 10. The second-order valence-corrected chi connectivity index (χ2v) is 16.7. The number of fused-ring (bicyclic) bond motifs is 5. The van der Waals surface area contributed by atoms with Crippen molar-refractivity contribution in [3.05, 3.63) is 271 Å². The van der Waals surface area contributed by atoms with E-state index in [-0.39, 0.29) is 0 Å². The second-order valence-electron chi connectivity index (χ2n) is 16.7. The summed E-state index contributed by atoms with van der Waals surface area (Å²) >= 11 is 0. The van der Waals surface area contributed by atoms with Crippen LogP contribution in [0.2, 0.25) is 0 Å². The fourth-order valence-electron chi connectivity index (χ4n) is 9.97. The van der Waals surface area contributed by atoms with Crippen LogP contribution in [-0.4, -0.2) is 15.0 Å². The first-order chi connectivity index (χ1) is 32.2. The highest BCUT2D eigenvalue weighted by Gasteiger charge is 2.47. The van der Waals surface area contributed by atoms with Gasteiger partial charge < -0.3 is 0 Å². The zero-order chi connectivity index (χ0) is 43.2. The first-order valence-corrected chi connectivity index (χ1v) is 22.2. The van der Waals surface area contributed by atoms with Gasteiger partial charge in [0.05, 0.1) is 5.41 Å². The molecule has 0 unspecified atom stereocenters. The summed E-state index contributed by atoms with van der Waals surface area (Å²) in [4.78, 5) is 15.1. The number of hydrogen-bond acceptors (Lipinski definition) is 3. The summed E-state index contributed by atoms with van der Waals surface area (Å²) in [6.07, 6.45) is 0. The van der Waals surface area contributed by atoms with Gasteiger partial charge in [0.25, 0.3) is 0 Å². The Balaban J connectivity index is 0.929. The van der Waals surface area contributed by atoms with Gasteiger partial charge in [0.2, 0.25) is 0 Å². The van der Waals surface area contributed by atoms with E-state index in [1.54, 1.807) is 0 Å². The molecule has 0 saturated carbocycles. The first kappa shape index (κ1) is 38.2. The largest absolute Gasteiger partial charge is 0.208 e. The van der Waals surface area contributed by atoms with E-state index < -0.39 is 5.41 Å². The molecule has 0 saturated heterocycles. The maximum atomic E-state index is 5.10. The van der Waals surface area contributed by atoms with Gasteiger partial charge in [-0.3, -0.25) is 0 Å². The summed E-state index contributed by atoms with van der Waals surface area (Å²) in [5, 5.41) is 2.48. The zero-order valence-electron chi connectivity index (χ0n) is 35.5. The van der Waals surface area contributed by atoms with Gasteiger partial charge in [-0.15, -0.1) is 0 Å². The highest BCUT2D eigenvalue weighted by Crippen LogP contribution is 2.58. The Morgan fingerprint density at radius 2 is 0.677 bits per heavy atom. The van der Waals surface area contributed by atoms with Crippen LogP contribution < -0.4 is 0 Å². The first-order valence-electron chi connectivity index (χ1n) is 22.2. The molecule has 0 N–H and O–H groups in total. The molecule has 1 aliphatic carbocycles. The molecule has 3 nitrogen and oxygen atoms in total. The Labute approximate surface area is 379 Å². The summed E-state index contributed by atoms with van der Waals surface area (Å²) in [5.74, 6) is 1.91. The van der Waals surface area contributed by atoms with Crippen LogP contribution >= 0.6 is 0 Å². The fraction of sp³-hybridized carbons (Fsp3) is 0.0161. The molecule has 1 heterocycles. The molecule has 10 aromatic carbocycles. The van der Waals surface area contributed by atoms with Crippen molar-refractivity contribution in [2.75, 3.05) is 0 Å². The SMILES string of the molecule is c1ccc(-c2ccc(-c3nc(-c4ccccc4)nc(-c4cccc(-c5cccc(-c6ccc7c8c(ccc7c6)-c6ccccc6C8(c6ccccc6)c6ccccc6)c5)c4)n3)cc2)cc1. The molecule has 0 amide bonds. The van der Waals surface area contributed by atoms with E-state index in [0.717, 1.165) is 38.9 Å². The lowest BCUT2D eigenvalue weighted by Gasteiger charge is -2.34. The van der Waals surface area contributed by atoms with Crippen LogP contribution in [0.1, 0.15) is 22.3 Å². The van der Waals surface area contributed by atoms with Gasteiger partial charge in [0.15, 0.2) is 17.5 Å². The Hall–Kier alpha value is -8.53. The molecular formula is C62H41N3. The van der Waals surface area contributed by atoms with E-state index in [0.29, 0.717) is 17.5 Å². The lowest BCUT2D eigenvalue weighted by molar-refractivity contribution is 0.775. The third kappa shape index (κ3) is 6.65. The van der Waals surface area contributed by atoms with Gasteiger partial charge in [0.1, 0.15) is 0 Å². The molecule has 0 fully saturated rings. The maximum Gasteiger partial charge on any atom is 0.164 e. The second kappa shape index (κ2) is 16.0. The highest BCUT2D eigenvalue weighted by atomic mass is 15.0. The third-order valence-electron chi connectivity index (χ3n) is 13.0. The van der Waals surface area contributed by atoms with Gasteiger partial charge in [-0.1, -0.05) is 231 Å². The lowest BCUT2D eigenvalue weighted by Crippen LogP contribution is -2.28. The van der Waals surface area contributed by atoms with Crippen molar-refractivity contribution in [3.63, 3.8) is 0 Å². The standard InChI is InChI=1S/C62H41N3/c1-5-17-42(18-6-1)43-31-33-45(34-32-43)60-63-59(44-19-7-2-8-20-44)64-61(65-60)51-24-16-23-48(41-51)46-21-15-22-47(39-46)49-35-37-54-50(40-49)36-38-56-55-29-13-14-30-57(55)62(58(54)56,52-25-9-3-10-26-52)53-27-11-4-12-28-53/h1-41H. The van der Waals surface area contributed by atoms with E-state index >= 15 is 0 Å². The molecule has 65 heavy (non-hydrogen) atoms. The minimum atomic E-state index is -0.464. The molecule has 0 atom stereocenters. The predicted octanol–water partition coefficient (Wildman–Crippen LogP) is 15.4. The summed E-state index contributed by atoms with van der Waals surface area (Å²) in [5.41, 5.74) is 17.0. The van der Waals surface area contributed by atoms with Crippen molar-refractivity contribution in [1.82, 2.24) is 15.0 Å². The quantitative estimate of drug-likeness (QED) is 0.153. The van der Waals surface area contributed by atoms with Gasteiger partial charge in [-0.25, -0.2) is 15.0 Å². The summed E-state index contributed by atoms with van der Waals surface area (Å²) in [6, 6.07) is 89.1. The minimum absolute atomic E-state index is 0.464. The number of aromatic nitrogens is 3. The van der Waals surface area contributed by atoms with Crippen molar-refractivity contribution in [2.45, 2.75) is 5.41 Å². The van der Waals surface area contributed by atoms with E-state index in [1.807, 2.05) is 36.4 Å². The third-order valence-corrected chi connectivity index (χ3v) is 13.0. The maximum absolute atomic E-state index is 5.10. The Morgan fingerprint density at radius 1 is 0.262 bits per heavy atom. The molecule has 12 rings (SSSR count). The Kier molecular flexibility index (Phi) is 9.39. The van der Waals surface area contributed by atoms with E-state index in [9.17, 15) is 0 Å². The number of rotatable bonds is 8. The van der Waals surface area contributed by atoms with Crippen LogP contribution in [0, 0.1) is 0 Å². The molecule has 0 radical (unpaired) electrons. The smallest absolute Gasteiger partial charge is 0.164 e. The molecule has 11 aromatic rings. The van der Waals surface area contributed by atoms with Gasteiger partial charge in [-0.05, 0) is 95.7 Å². The Bertz CT molecular complexity index is 3470. The molecular weight excluding hydrogens is 787 g/mol. The predicted molar refractivity (Wildman–Crippen MR) is 267 cm³/mol. The zero-order valence-corrected chi connectivity index (χ0v) is 35.5. The Morgan fingerprint density at radius 3 is 1.29 bits per heavy atom. The van der Waals surface area contributed by atoms with Crippen molar-refractivity contribution < 1.29 is 0 Å². The van der Waals surface area contributed by atoms with E-state index in [2.05, 4.69) is 212 Å². The van der Waals surface area contributed by atoms with Gasteiger partial charge in [0, 0.05) is 16.7 Å². The number of hydrogen-bond donors (Lipinski definition) is 0. The molecule has 0 aliphatic heterocycles. The topological polar surface area (TPSA) is 38.7 Å². The van der Waals surface area contributed by atoms with Crippen LogP contribution in [0.25, 0.3) is 89.4 Å². The van der Waals surface area contributed by atoms with Crippen LogP contribution in [0.15, 0.2) is 249 Å². The summed E-state index contributed by atoms with van der Waals surface area (Å²) < 4.78 is 0. The molecule has 304 valence electrons. The molecule has 0 bridgehead atoms. The van der Waals surface area contributed by atoms with Gasteiger partial charge >= 0.3 is 0 Å². The summed E-state index contributed by atoms with van der Waals surface area (Å²) in [7, 11) is 0. The molecule has 1 aliphatic rings. The van der Waals surface area contributed by atoms with Crippen molar-refractivity contribution >= 4 is 10.8 Å². The molecule has 0 spiro atoms. The van der Waals surface area contributed by atoms with Crippen LogP contribution in [0.3, 0.4) is 0 Å². The summed E-state index contributed by atoms with van der Waals surface area (Å²) in [6.45, 7) is 0. The monoisotopic (exact) mass is 827 g/mol. The normalized spacial score (nSPS) is 12.4. The van der Waals surface area contributed by atoms with Crippen LogP contribution in [0.5, 0.6) is 0 Å². The van der Waals surface area contributed by atoms with Gasteiger partial charge in [-0.2, -0.15) is 0 Å². The van der Waals surface area contributed by atoms with Crippen molar-refractivity contribution in [1.29, 1.82) is 0 Å². The average Bonchev–Trinajstić information content (AvgIpc) is 3.71. The van der Waals surface area contributed by atoms with Crippen molar-refractivity contribution in [2.24, 2.45) is 0 Å². The lowest BCUT2D eigenvalue weighted by atomic mass is 9.66. The van der Waals surface area contributed by atoms with E-state index in [4.69, 9.17) is 15.0 Å². The van der Waals surface area contributed by atoms with Crippen LogP contribution in [0.4, 0.5) is 0 Å². The average molecular weight is 828 g/mol. The van der Waals surface area contributed by atoms with Crippen LogP contribution in [-0.2, 0) is 5.41 Å². The minimum Gasteiger partial charge on any atom is -0.208 e. The molecule has 3 heteroatoms.